The van der Waals surface area contributed by atoms with E-state index in [-0.39, 0.29) is 40.5 Å². The van der Waals surface area contributed by atoms with E-state index in [4.69, 9.17) is 10.2 Å². The molecule has 2 nitrogen and oxygen atoms in total. The topological polar surface area (TPSA) is 40.5 Å². The molecule has 0 aliphatic carbocycles. The Kier molecular flexibility index (Phi) is 15.4. The zero-order chi connectivity index (χ0) is 4.12. The van der Waals surface area contributed by atoms with Gasteiger partial charge in [-0.1, -0.05) is 0 Å². The summed E-state index contributed by atoms with van der Waals surface area (Å²) in [6, 6.07) is 0. The normalized spacial score (nSPS) is 7.00. The molecule has 0 aromatic carbocycles. The average Bonchev–Trinajstić information content (AvgIpc) is 1.41. The predicted octanol–water partition coefficient (Wildman–Crippen LogP) is -1.02. The number of aliphatic hydroxyl groups excluding tert-OH is 2. The molecule has 0 bridgehead atoms. The second-order valence-corrected chi connectivity index (χ2v) is 0.801. The molecule has 0 aliphatic rings. The van der Waals surface area contributed by atoms with Crippen LogP contribution in [0, 0.1) is 0 Å². The number of aliphatic hydroxyl groups is 2. The van der Waals surface area contributed by atoms with Crippen molar-refractivity contribution in [3.8, 4) is 0 Å². The maximum Gasteiger partial charge on any atom is 0.0452 e. The third-order valence-electron chi connectivity index (χ3n) is 0.316. The van der Waals surface area contributed by atoms with Crippen LogP contribution in [0.3, 0.4) is 0 Å². The number of rotatable bonds is 2. The Hall–Kier alpha value is 0.842. The second kappa shape index (κ2) is 9.28. The largest absolute Gasteiger partial charge is 0.396 e. The molecule has 0 heterocycles. The van der Waals surface area contributed by atoms with Gasteiger partial charge in [-0.2, -0.15) is 0 Å². The van der Waals surface area contributed by atoms with Crippen molar-refractivity contribution in [3.63, 3.8) is 0 Å². The van der Waals surface area contributed by atoms with Crippen molar-refractivity contribution in [2.24, 2.45) is 0 Å². The summed E-state index contributed by atoms with van der Waals surface area (Å²) in [6.07, 6.45) is 0.500. The molecule has 3 heteroatoms. The van der Waals surface area contributed by atoms with E-state index in [0.717, 1.165) is 0 Å². The van der Waals surface area contributed by atoms with Gasteiger partial charge in [-0.05, 0) is 6.42 Å². The fraction of sp³-hybridized carbons (Fsp3) is 1.00. The summed E-state index contributed by atoms with van der Waals surface area (Å²) >= 11 is 0. The van der Waals surface area contributed by atoms with Gasteiger partial charge in [0.2, 0.25) is 0 Å². The van der Waals surface area contributed by atoms with E-state index in [1.165, 1.54) is 0 Å². The summed E-state index contributed by atoms with van der Waals surface area (Å²) in [7, 11) is 0. The third kappa shape index (κ3) is 8.85. The maximum atomic E-state index is 7.91. The summed E-state index contributed by atoms with van der Waals surface area (Å²) in [6.45, 7) is 0.188. The molecular formula is C3H8O2Pb. The van der Waals surface area contributed by atoms with Crippen LogP contribution in [-0.2, 0) is 0 Å². The van der Waals surface area contributed by atoms with E-state index in [2.05, 4.69) is 0 Å². The molecule has 0 saturated heterocycles. The van der Waals surface area contributed by atoms with Crippen LogP contribution < -0.4 is 0 Å². The van der Waals surface area contributed by atoms with E-state index in [1.54, 1.807) is 0 Å². The van der Waals surface area contributed by atoms with Gasteiger partial charge in [-0.25, -0.2) is 0 Å². The standard InChI is InChI=1S/C3H8O2.Pb/c4-2-1-3-5;/h4-5H,1-3H2;. The molecule has 0 spiro atoms. The Morgan fingerprint density at radius 1 is 1.00 bits per heavy atom. The summed E-state index contributed by atoms with van der Waals surface area (Å²) in [4.78, 5) is 0. The van der Waals surface area contributed by atoms with Gasteiger partial charge >= 0.3 is 0 Å². The van der Waals surface area contributed by atoms with Crippen LogP contribution in [0.15, 0.2) is 0 Å². The Morgan fingerprint density at radius 2 is 1.33 bits per heavy atom. The van der Waals surface area contributed by atoms with Crippen LogP contribution >= 0.6 is 0 Å². The molecule has 0 aliphatic heterocycles. The molecule has 2 N–H and O–H groups in total. The molecule has 0 unspecified atom stereocenters. The average molecular weight is 283 g/mol. The smallest absolute Gasteiger partial charge is 0.0452 e. The summed E-state index contributed by atoms with van der Waals surface area (Å²) in [5.74, 6) is 0. The van der Waals surface area contributed by atoms with Crippen LogP contribution in [-0.4, -0.2) is 50.7 Å². The first-order valence-electron chi connectivity index (χ1n) is 1.63. The van der Waals surface area contributed by atoms with Crippen LogP contribution in [0.5, 0.6) is 0 Å². The van der Waals surface area contributed by atoms with Gasteiger partial charge in [-0.3, -0.25) is 0 Å². The molecule has 0 aromatic rings. The Balaban J connectivity index is 0. The zero-order valence-corrected chi connectivity index (χ0v) is 7.40. The molecule has 0 saturated carbocycles. The molecule has 0 amide bonds. The molecule has 36 valence electrons. The van der Waals surface area contributed by atoms with Crippen molar-refractivity contribution in [3.05, 3.63) is 0 Å². The van der Waals surface area contributed by atoms with Crippen molar-refractivity contribution in [2.45, 2.75) is 6.42 Å². The van der Waals surface area contributed by atoms with Gasteiger partial charge in [0.1, 0.15) is 0 Å². The number of hydrogen-bond donors (Lipinski definition) is 2. The minimum Gasteiger partial charge on any atom is -0.396 e. The number of hydrogen-bond acceptors (Lipinski definition) is 2. The summed E-state index contributed by atoms with van der Waals surface area (Å²) < 4.78 is 0. The van der Waals surface area contributed by atoms with Gasteiger partial charge in [0.05, 0.1) is 0 Å². The molecule has 0 aromatic heterocycles. The minimum atomic E-state index is 0. The van der Waals surface area contributed by atoms with Crippen LogP contribution in [0.1, 0.15) is 6.42 Å². The Morgan fingerprint density at radius 3 is 1.33 bits per heavy atom. The van der Waals surface area contributed by atoms with Gasteiger partial charge in [-0.15, -0.1) is 0 Å². The monoisotopic (exact) mass is 284 g/mol. The third-order valence-corrected chi connectivity index (χ3v) is 0.316. The second-order valence-electron chi connectivity index (χ2n) is 0.801. The van der Waals surface area contributed by atoms with E-state index in [0.29, 0.717) is 6.42 Å². The van der Waals surface area contributed by atoms with Gasteiger partial charge in [0.25, 0.3) is 0 Å². The van der Waals surface area contributed by atoms with Crippen LogP contribution in [0.2, 0.25) is 0 Å². The molecule has 6 heavy (non-hydrogen) atoms. The quantitative estimate of drug-likeness (QED) is 0.637. The SMILES string of the molecule is OCCCO.[Pb]. The van der Waals surface area contributed by atoms with Gasteiger partial charge in [0, 0.05) is 40.5 Å². The van der Waals surface area contributed by atoms with Crippen molar-refractivity contribution in [1.82, 2.24) is 0 Å². The maximum absolute atomic E-state index is 7.91. The minimum absolute atomic E-state index is 0. The molecule has 0 rings (SSSR count). The molecular weight excluding hydrogens is 275 g/mol. The van der Waals surface area contributed by atoms with Crippen LogP contribution in [0.4, 0.5) is 0 Å². The zero-order valence-electron chi connectivity index (χ0n) is 3.52. The van der Waals surface area contributed by atoms with Crippen LogP contribution in [0.25, 0.3) is 0 Å². The summed E-state index contributed by atoms with van der Waals surface area (Å²) in [5, 5.41) is 15.8. The summed E-state index contributed by atoms with van der Waals surface area (Å²) in [5.41, 5.74) is 0. The first-order chi connectivity index (χ1) is 2.41. The molecule has 4 radical (unpaired) electrons. The van der Waals surface area contributed by atoms with E-state index >= 15 is 0 Å². The fourth-order valence-corrected chi connectivity index (χ4v) is 0.0707. The Labute approximate surface area is 57.3 Å². The van der Waals surface area contributed by atoms with Crippen molar-refractivity contribution in [2.75, 3.05) is 13.2 Å². The molecule has 0 atom stereocenters. The van der Waals surface area contributed by atoms with E-state index in [9.17, 15) is 0 Å². The van der Waals surface area contributed by atoms with E-state index in [1.807, 2.05) is 0 Å². The molecule has 0 fully saturated rings. The predicted molar refractivity (Wildman–Crippen MR) is 24.5 cm³/mol. The van der Waals surface area contributed by atoms with Gasteiger partial charge in [0.15, 0.2) is 0 Å². The first-order valence-corrected chi connectivity index (χ1v) is 1.63. The van der Waals surface area contributed by atoms with Crippen molar-refractivity contribution >= 4 is 27.3 Å². The van der Waals surface area contributed by atoms with Crippen molar-refractivity contribution in [1.29, 1.82) is 0 Å². The fourth-order valence-electron chi connectivity index (χ4n) is 0.0707. The van der Waals surface area contributed by atoms with E-state index < -0.39 is 0 Å². The first kappa shape index (κ1) is 9.96. The Bertz CT molecular complexity index is 16.3. The van der Waals surface area contributed by atoms with Crippen molar-refractivity contribution < 1.29 is 10.2 Å². The van der Waals surface area contributed by atoms with Gasteiger partial charge < -0.3 is 10.2 Å².